The fourth-order valence-corrected chi connectivity index (χ4v) is 1.59. The number of nitrogens with zero attached hydrogens (tertiary/aromatic N) is 1. The van der Waals surface area contributed by atoms with E-state index in [9.17, 15) is 9.59 Å². The van der Waals surface area contributed by atoms with Gasteiger partial charge in [-0.1, -0.05) is 0 Å². The highest BCUT2D eigenvalue weighted by molar-refractivity contribution is 6.08. The largest absolute Gasteiger partial charge is 0.480 e. The number of hydrogen-bond donors (Lipinski definition) is 4. The van der Waals surface area contributed by atoms with Crippen molar-refractivity contribution in [1.82, 2.24) is 15.3 Å². The highest BCUT2D eigenvalue weighted by Crippen LogP contribution is 2.15. The number of carbonyl (C=O) groups is 2. The van der Waals surface area contributed by atoms with Crippen LogP contribution in [0.2, 0.25) is 0 Å². The van der Waals surface area contributed by atoms with E-state index in [1.54, 1.807) is 24.5 Å². The van der Waals surface area contributed by atoms with Crippen LogP contribution in [0.25, 0.3) is 11.0 Å². The highest BCUT2D eigenvalue weighted by atomic mass is 16.4. The molecule has 0 fully saturated rings. The van der Waals surface area contributed by atoms with Gasteiger partial charge in [-0.2, -0.15) is 0 Å². The number of likely N-dealkylation sites (N-methyl/N-ethyl adjacent to an activating group) is 1. The number of aromatic amines is 1. The van der Waals surface area contributed by atoms with E-state index < -0.39 is 17.9 Å². The first kappa shape index (κ1) is 12.1. The van der Waals surface area contributed by atoms with Crippen LogP contribution in [-0.2, 0) is 9.59 Å². The molecule has 2 rings (SSSR count). The standard InChI is InChI=1S/C11H12N4O3/c1-12-9(11(17)18)10(16)15-6-2-3-7-8(4-6)14-5-13-7/h2-5,9,12H,1H3,(H,13,14)(H,15,16)(H,17,18). The lowest BCUT2D eigenvalue weighted by atomic mass is 10.2. The first-order valence-electron chi connectivity index (χ1n) is 5.26. The molecular formula is C11H12N4O3. The number of aromatic nitrogens is 2. The lowest BCUT2D eigenvalue weighted by molar-refractivity contribution is -0.142. The van der Waals surface area contributed by atoms with E-state index in [1.807, 2.05) is 0 Å². The van der Waals surface area contributed by atoms with Crippen molar-refractivity contribution in [2.24, 2.45) is 0 Å². The van der Waals surface area contributed by atoms with E-state index in [1.165, 1.54) is 7.05 Å². The third-order valence-corrected chi connectivity index (χ3v) is 2.49. The number of imidazole rings is 1. The molecule has 0 aliphatic carbocycles. The average molecular weight is 248 g/mol. The number of carboxylic acids is 1. The first-order chi connectivity index (χ1) is 8.61. The Bertz CT molecular complexity index is 593. The molecule has 4 N–H and O–H groups in total. The highest BCUT2D eigenvalue weighted by Gasteiger charge is 2.24. The monoisotopic (exact) mass is 248 g/mol. The maximum atomic E-state index is 11.7. The number of H-pyrrole nitrogens is 1. The number of fused-ring (bicyclic) bond motifs is 1. The van der Waals surface area contributed by atoms with Gasteiger partial charge >= 0.3 is 5.97 Å². The van der Waals surface area contributed by atoms with Crippen molar-refractivity contribution in [3.8, 4) is 0 Å². The second-order valence-corrected chi connectivity index (χ2v) is 3.68. The summed E-state index contributed by atoms with van der Waals surface area (Å²) in [6, 6.07) is 3.81. The SMILES string of the molecule is CNC(C(=O)O)C(=O)Nc1ccc2nc[nH]c2c1. The molecule has 1 heterocycles. The molecule has 18 heavy (non-hydrogen) atoms. The number of carboxylic acid groups (broad SMARTS) is 1. The zero-order valence-corrected chi connectivity index (χ0v) is 9.60. The van der Waals surface area contributed by atoms with Crippen molar-refractivity contribution in [3.05, 3.63) is 24.5 Å². The quantitative estimate of drug-likeness (QED) is 0.577. The smallest absolute Gasteiger partial charge is 0.330 e. The topological polar surface area (TPSA) is 107 Å². The van der Waals surface area contributed by atoms with Crippen molar-refractivity contribution in [2.45, 2.75) is 6.04 Å². The predicted octanol–water partition coefficient (Wildman–Crippen LogP) is 0.174. The van der Waals surface area contributed by atoms with E-state index in [-0.39, 0.29) is 0 Å². The van der Waals surface area contributed by atoms with Gasteiger partial charge in [0, 0.05) is 5.69 Å². The molecule has 0 aliphatic heterocycles. The molecule has 1 atom stereocenters. The summed E-state index contributed by atoms with van der Waals surface area (Å²) in [5.41, 5.74) is 2.05. The van der Waals surface area contributed by atoms with E-state index in [4.69, 9.17) is 5.11 Å². The van der Waals surface area contributed by atoms with Gasteiger partial charge in [0.2, 0.25) is 0 Å². The minimum absolute atomic E-state index is 0.512. The summed E-state index contributed by atoms with van der Waals surface area (Å²) >= 11 is 0. The third-order valence-electron chi connectivity index (χ3n) is 2.49. The number of hydrogen-bond acceptors (Lipinski definition) is 4. The number of amides is 1. The number of nitrogens with one attached hydrogen (secondary N) is 3. The Labute approximate surface area is 102 Å². The van der Waals surface area contributed by atoms with Crippen LogP contribution in [0.1, 0.15) is 0 Å². The van der Waals surface area contributed by atoms with Crippen LogP contribution in [-0.4, -0.2) is 40.0 Å². The van der Waals surface area contributed by atoms with E-state index in [2.05, 4.69) is 20.6 Å². The van der Waals surface area contributed by atoms with Crippen molar-refractivity contribution in [1.29, 1.82) is 0 Å². The van der Waals surface area contributed by atoms with Gasteiger partial charge in [-0.25, -0.2) is 9.78 Å². The van der Waals surface area contributed by atoms with Gasteiger partial charge in [-0.15, -0.1) is 0 Å². The molecule has 7 heteroatoms. The maximum absolute atomic E-state index is 11.7. The van der Waals surface area contributed by atoms with Gasteiger partial charge in [0.05, 0.1) is 17.4 Å². The zero-order valence-electron chi connectivity index (χ0n) is 9.60. The van der Waals surface area contributed by atoms with Gasteiger partial charge in [-0.05, 0) is 25.2 Å². The molecule has 0 saturated carbocycles. The van der Waals surface area contributed by atoms with Crippen LogP contribution in [0.4, 0.5) is 5.69 Å². The Morgan fingerprint density at radius 3 is 2.89 bits per heavy atom. The van der Waals surface area contributed by atoms with E-state index >= 15 is 0 Å². The summed E-state index contributed by atoms with van der Waals surface area (Å²) in [6.45, 7) is 0. The van der Waals surface area contributed by atoms with Crippen molar-refractivity contribution in [2.75, 3.05) is 12.4 Å². The maximum Gasteiger partial charge on any atom is 0.330 e. The zero-order chi connectivity index (χ0) is 13.1. The molecule has 0 aliphatic rings. The average Bonchev–Trinajstić information content (AvgIpc) is 2.76. The fraction of sp³-hybridized carbons (Fsp3) is 0.182. The van der Waals surface area contributed by atoms with Crippen molar-refractivity contribution in [3.63, 3.8) is 0 Å². The Hall–Kier alpha value is -2.41. The van der Waals surface area contributed by atoms with E-state index in [0.717, 1.165) is 11.0 Å². The Kier molecular flexibility index (Phi) is 3.24. The number of benzene rings is 1. The normalized spacial score (nSPS) is 12.3. The van der Waals surface area contributed by atoms with Gasteiger partial charge in [-0.3, -0.25) is 10.1 Å². The molecule has 1 aromatic heterocycles. The number of aliphatic carboxylic acids is 1. The molecule has 0 bridgehead atoms. The lowest BCUT2D eigenvalue weighted by Gasteiger charge is -2.11. The number of carbonyl (C=O) groups excluding carboxylic acids is 1. The van der Waals surface area contributed by atoms with Crippen LogP contribution in [0.15, 0.2) is 24.5 Å². The second-order valence-electron chi connectivity index (χ2n) is 3.68. The Morgan fingerprint density at radius 2 is 2.22 bits per heavy atom. The third kappa shape index (κ3) is 2.30. The van der Waals surface area contributed by atoms with Gasteiger partial charge in [0.25, 0.3) is 5.91 Å². The van der Waals surface area contributed by atoms with Crippen molar-refractivity contribution < 1.29 is 14.7 Å². The molecule has 0 spiro atoms. The molecule has 7 nitrogen and oxygen atoms in total. The van der Waals surface area contributed by atoms with Gasteiger partial charge in [0.15, 0.2) is 6.04 Å². The summed E-state index contributed by atoms with van der Waals surface area (Å²) in [5, 5.41) is 13.8. The summed E-state index contributed by atoms with van der Waals surface area (Å²) in [5.74, 6) is -1.85. The molecule has 0 saturated heterocycles. The van der Waals surface area contributed by atoms with Crippen molar-refractivity contribution >= 4 is 28.6 Å². The second kappa shape index (κ2) is 4.84. The molecule has 0 radical (unpaired) electrons. The van der Waals surface area contributed by atoms with Crippen LogP contribution >= 0.6 is 0 Å². The minimum Gasteiger partial charge on any atom is -0.480 e. The van der Waals surface area contributed by atoms with Crippen LogP contribution in [0, 0.1) is 0 Å². The Balaban J connectivity index is 2.17. The summed E-state index contributed by atoms with van der Waals surface area (Å²) in [6.07, 6.45) is 1.55. The van der Waals surface area contributed by atoms with Crippen LogP contribution in [0.3, 0.4) is 0 Å². The molecule has 1 unspecified atom stereocenters. The molecular weight excluding hydrogens is 236 g/mol. The van der Waals surface area contributed by atoms with Crippen LogP contribution in [0.5, 0.6) is 0 Å². The number of anilines is 1. The molecule has 94 valence electrons. The van der Waals surface area contributed by atoms with Gasteiger partial charge in [0.1, 0.15) is 0 Å². The number of rotatable bonds is 4. The summed E-state index contributed by atoms with van der Waals surface area (Å²) in [7, 11) is 1.41. The fourth-order valence-electron chi connectivity index (χ4n) is 1.59. The predicted molar refractivity (Wildman–Crippen MR) is 65.2 cm³/mol. The van der Waals surface area contributed by atoms with E-state index in [0.29, 0.717) is 5.69 Å². The first-order valence-corrected chi connectivity index (χ1v) is 5.26. The molecule has 1 aromatic carbocycles. The molecule has 2 aromatic rings. The summed E-state index contributed by atoms with van der Waals surface area (Å²) in [4.78, 5) is 29.4. The molecule has 1 amide bonds. The minimum atomic E-state index is -1.28. The Morgan fingerprint density at radius 1 is 1.44 bits per heavy atom. The summed E-state index contributed by atoms with van der Waals surface area (Å²) < 4.78 is 0. The van der Waals surface area contributed by atoms with Crippen LogP contribution < -0.4 is 10.6 Å². The van der Waals surface area contributed by atoms with Gasteiger partial charge < -0.3 is 15.4 Å². The lowest BCUT2D eigenvalue weighted by Crippen LogP contribution is -2.44.